The Bertz CT molecular complexity index is 713. The maximum atomic E-state index is 12.8. The number of aliphatic hydroxyl groups is 1. The molecule has 2 saturated carbocycles. The van der Waals surface area contributed by atoms with Crippen LogP contribution in [0.1, 0.15) is 86.5 Å². The van der Waals surface area contributed by atoms with Crippen LogP contribution in [0.4, 0.5) is 4.79 Å². The molecule has 34 heavy (non-hydrogen) atoms. The number of fused-ring (bicyclic) bond motifs is 2. The zero-order chi connectivity index (χ0) is 26.0. The van der Waals surface area contributed by atoms with Gasteiger partial charge in [0.1, 0.15) is 11.8 Å². The highest BCUT2D eigenvalue weighted by molar-refractivity contribution is 5.69. The van der Waals surface area contributed by atoms with Crippen molar-refractivity contribution >= 4 is 18.7 Å². The van der Waals surface area contributed by atoms with Crippen LogP contribution in [-0.4, -0.2) is 76.3 Å². The maximum Gasteiger partial charge on any atom is 0.410 e. The summed E-state index contributed by atoms with van der Waals surface area (Å²) in [6.07, 6.45) is 9.80. The van der Waals surface area contributed by atoms with Crippen LogP contribution in [0.5, 0.6) is 0 Å². The van der Waals surface area contributed by atoms with E-state index in [1.807, 2.05) is 38.8 Å². The van der Waals surface area contributed by atoms with Gasteiger partial charge in [-0.15, -0.1) is 0 Å². The standard InChI is InChI=1S/C20H37NO4.C5H8NO.CHN/c1-7-21(17(23)25-18(3,4)5)19(6)12-16-10-15(2)11-20(13-16,14-19)24-9-8-22;7-5-6-3-1-2-4-6;1-2/h15-16,22H,7-14H2,1-6H3;3,5H,1-2,4H2;1H/q;+1;. The van der Waals surface area contributed by atoms with Crippen LogP contribution in [0.25, 0.3) is 0 Å². The number of aliphatic hydroxyl groups excluding tert-OH is 1. The summed E-state index contributed by atoms with van der Waals surface area (Å²) in [5, 5.41) is 15.7. The highest BCUT2D eigenvalue weighted by atomic mass is 16.6. The van der Waals surface area contributed by atoms with Gasteiger partial charge in [0.2, 0.25) is 0 Å². The second-order valence-electron chi connectivity index (χ2n) is 11.1. The van der Waals surface area contributed by atoms with Gasteiger partial charge in [0.25, 0.3) is 0 Å². The molecule has 2 amide bonds. The SMILES string of the molecule is C#N.CCN(C(=O)OC(C)(C)C)C1(C)CC2CC(C)CC(OCCO)(C2)C1.O=C[N+]1=CCCC1. The molecule has 1 heterocycles. The van der Waals surface area contributed by atoms with Gasteiger partial charge >= 0.3 is 12.5 Å². The van der Waals surface area contributed by atoms with Crippen LogP contribution in [0.3, 0.4) is 0 Å². The Balaban J connectivity index is 0.000000540. The molecule has 4 unspecified atom stereocenters. The Morgan fingerprint density at radius 3 is 2.47 bits per heavy atom. The van der Waals surface area contributed by atoms with Gasteiger partial charge in [0.05, 0.1) is 18.8 Å². The third-order valence-corrected chi connectivity index (χ3v) is 6.75. The Kier molecular flexibility index (Phi) is 11.7. The first-order valence-corrected chi connectivity index (χ1v) is 12.5. The molecule has 0 spiro atoms. The molecular weight excluding hydrogens is 434 g/mol. The summed E-state index contributed by atoms with van der Waals surface area (Å²) in [6.45, 7) is 17.7. The summed E-state index contributed by atoms with van der Waals surface area (Å²) < 4.78 is 13.6. The smallest absolute Gasteiger partial charge is 0.410 e. The normalized spacial score (nSPS) is 30.0. The first kappa shape index (κ1) is 30.1. The molecule has 8 nitrogen and oxygen atoms in total. The summed E-state index contributed by atoms with van der Waals surface area (Å²) >= 11 is 0. The Morgan fingerprint density at radius 1 is 1.32 bits per heavy atom. The van der Waals surface area contributed by atoms with Crippen molar-refractivity contribution in [1.82, 2.24) is 4.90 Å². The van der Waals surface area contributed by atoms with Gasteiger partial charge in [-0.3, -0.25) is 0 Å². The summed E-state index contributed by atoms with van der Waals surface area (Å²) in [7, 11) is 0. The Labute approximate surface area is 205 Å². The molecule has 0 radical (unpaired) electrons. The molecule has 8 heteroatoms. The molecule has 1 N–H and O–H groups in total. The van der Waals surface area contributed by atoms with Crippen LogP contribution >= 0.6 is 0 Å². The summed E-state index contributed by atoms with van der Waals surface area (Å²) in [6, 6.07) is 0. The quantitative estimate of drug-likeness (QED) is 0.453. The molecule has 2 bridgehead atoms. The molecule has 194 valence electrons. The minimum atomic E-state index is -0.495. The van der Waals surface area contributed by atoms with Crippen molar-refractivity contribution in [3.63, 3.8) is 0 Å². The van der Waals surface area contributed by atoms with Gasteiger partial charge in [0.15, 0.2) is 6.54 Å². The number of carbonyl (C=O) groups excluding carboxylic acids is 2. The highest BCUT2D eigenvalue weighted by Gasteiger charge is 2.53. The topological polar surface area (TPSA) is 103 Å². The molecule has 0 aromatic carbocycles. The Hall–Kier alpha value is -1.98. The zero-order valence-corrected chi connectivity index (χ0v) is 22.1. The van der Waals surface area contributed by atoms with E-state index in [9.17, 15) is 14.7 Å². The van der Waals surface area contributed by atoms with E-state index in [2.05, 4.69) is 20.4 Å². The van der Waals surface area contributed by atoms with Crippen molar-refractivity contribution in [2.24, 2.45) is 11.8 Å². The molecule has 3 aliphatic rings. The second kappa shape index (κ2) is 13.2. The summed E-state index contributed by atoms with van der Waals surface area (Å²) in [4.78, 5) is 24.6. The van der Waals surface area contributed by atoms with E-state index in [0.29, 0.717) is 25.0 Å². The van der Waals surface area contributed by atoms with Crippen molar-refractivity contribution in [2.45, 2.75) is 103 Å². The van der Waals surface area contributed by atoms with Crippen molar-refractivity contribution < 1.29 is 28.7 Å². The van der Waals surface area contributed by atoms with Crippen LogP contribution in [0.2, 0.25) is 0 Å². The van der Waals surface area contributed by atoms with E-state index in [0.717, 1.165) is 51.5 Å². The first-order valence-electron chi connectivity index (χ1n) is 12.5. The molecule has 3 rings (SSSR count). The third-order valence-electron chi connectivity index (χ3n) is 6.75. The maximum absolute atomic E-state index is 12.8. The number of nitriles is 1. The lowest BCUT2D eigenvalue weighted by Crippen LogP contribution is -2.61. The van der Waals surface area contributed by atoms with Crippen molar-refractivity contribution in [1.29, 1.82) is 5.26 Å². The van der Waals surface area contributed by atoms with Crippen molar-refractivity contribution in [3.8, 4) is 6.57 Å². The third kappa shape index (κ3) is 8.66. The van der Waals surface area contributed by atoms with E-state index >= 15 is 0 Å². The number of nitrogens with zero attached hydrogens (tertiary/aromatic N) is 3. The number of rotatable bonds is 6. The predicted octanol–water partition coefficient (Wildman–Crippen LogP) is 4.14. The molecule has 2 aliphatic carbocycles. The van der Waals surface area contributed by atoms with Crippen LogP contribution in [0.15, 0.2) is 0 Å². The van der Waals surface area contributed by atoms with Gasteiger partial charge in [0, 0.05) is 31.5 Å². The minimum Gasteiger partial charge on any atom is -0.444 e. The van der Waals surface area contributed by atoms with Crippen LogP contribution in [0, 0.1) is 23.7 Å². The number of hydrogen-bond donors (Lipinski definition) is 1. The Morgan fingerprint density at radius 2 is 2.00 bits per heavy atom. The van der Waals surface area contributed by atoms with Crippen LogP contribution < -0.4 is 0 Å². The highest BCUT2D eigenvalue weighted by Crippen LogP contribution is 2.52. The zero-order valence-electron chi connectivity index (χ0n) is 22.1. The van der Waals surface area contributed by atoms with Gasteiger partial charge in [-0.05, 0) is 78.6 Å². The average Bonchev–Trinajstić information content (AvgIpc) is 3.26. The van der Waals surface area contributed by atoms with Gasteiger partial charge in [-0.2, -0.15) is 4.58 Å². The monoisotopic (exact) mass is 480 g/mol. The van der Waals surface area contributed by atoms with Crippen molar-refractivity contribution in [3.05, 3.63) is 0 Å². The summed E-state index contributed by atoms with van der Waals surface area (Å²) in [5.41, 5.74) is -0.992. The molecule has 2 fully saturated rings. The van der Waals surface area contributed by atoms with Crippen molar-refractivity contribution in [2.75, 3.05) is 26.3 Å². The minimum absolute atomic E-state index is 0.0427. The molecule has 0 saturated heterocycles. The number of ether oxygens (including phenoxy) is 2. The fraction of sp³-hybridized carbons (Fsp3) is 0.846. The van der Waals surface area contributed by atoms with Gasteiger partial charge < -0.3 is 19.5 Å². The number of amides is 2. The lowest BCUT2D eigenvalue weighted by Gasteiger charge is -2.56. The molecular formula is C26H46N3O5+. The molecule has 1 aliphatic heterocycles. The number of hydrogen-bond acceptors (Lipinski definition) is 6. The van der Waals surface area contributed by atoms with E-state index in [-0.39, 0.29) is 23.8 Å². The summed E-state index contributed by atoms with van der Waals surface area (Å²) in [5.74, 6) is 1.18. The lowest BCUT2D eigenvalue weighted by atomic mass is 9.59. The van der Waals surface area contributed by atoms with Gasteiger partial charge in [-0.25, -0.2) is 14.9 Å². The molecule has 0 aromatic rings. The fourth-order valence-corrected chi connectivity index (χ4v) is 6.07. The van der Waals surface area contributed by atoms with E-state index in [4.69, 9.17) is 14.7 Å². The number of carbonyl (C=O) groups is 2. The molecule has 4 atom stereocenters. The fourth-order valence-electron chi connectivity index (χ4n) is 6.07. The van der Waals surface area contributed by atoms with Gasteiger partial charge in [-0.1, -0.05) is 6.92 Å². The average molecular weight is 481 g/mol. The van der Waals surface area contributed by atoms with E-state index in [1.54, 1.807) is 4.58 Å². The molecule has 0 aromatic heterocycles. The first-order chi connectivity index (χ1) is 16.0. The lowest BCUT2D eigenvalue weighted by molar-refractivity contribution is -0.420. The largest absolute Gasteiger partial charge is 0.444 e. The predicted molar refractivity (Wildman–Crippen MR) is 132 cm³/mol. The van der Waals surface area contributed by atoms with E-state index < -0.39 is 5.60 Å². The van der Waals surface area contributed by atoms with E-state index in [1.165, 1.54) is 6.42 Å². The second-order valence-corrected chi connectivity index (χ2v) is 11.1. The van der Waals surface area contributed by atoms with Crippen LogP contribution in [-0.2, 0) is 14.3 Å².